The summed E-state index contributed by atoms with van der Waals surface area (Å²) in [5.41, 5.74) is 0.955. The molecule has 0 bridgehead atoms. The van der Waals surface area contributed by atoms with E-state index in [4.69, 9.17) is 0 Å². The van der Waals surface area contributed by atoms with Gasteiger partial charge >= 0.3 is 0 Å². The molecule has 1 atom stereocenters. The summed E-state index contributed by atoms with van der Waals surface area (Å²) in [6.45, 7) is 6.04. The van der Waals surface area contributed by atoms with Crippen molar-refractivity contribution in [1.29, 1.82) is 0 Å². The molecule has 2 N–H and O–H groups in total. The predicted molar refractivity (Wildman–Crippen MR) is 85.5 cm³/mol. The molecule has 0 aliphatic carbocycles. The molecular weight excluding hydrogens is 316 g/mol. The fraction of sp³-hybridized carbons (Fsp3) is 0.562. The van der Waals surface area contributed by atoms with Gasteiger partial charge < -0.3 is 10.6 Å². The van der Waals surface area contributed by atoms with Crippen molar-refractivity contribution in [3.05, 3.63) is 34.3 Å². The molecule has 1 aliphatic rings. The molecule has 0 unspecified atom stereocenters. The van der Waals surface area contributed by atoms with E-state index in [0.717, 1.165) is 42.4 Å². The molecule has 0 saturated carbocycles. The Hall–Kier alpha value is -0.870. The summed E-state index contributed by atoms with van der Waals surface area (Å²) in [7, 11) is 0. The second-order valence-electron chi connectivity index (χ2n) is 5.63. The standard InChI is InChI=1S/C16H23BrN2O/c1-3-16(8-10-18-11-9-16)15(20)19-12(2)13-4-6-14(17)7-5-13/h4-7,12,18H,3,8-11H2,1-2H3,(H,19,20)/t12-/m1/s1. The molecule has 110 valence electrons. The quantitative estimate of drug-likeness (QED) is 0.883. The average molecular weight is 339 g/mol. The average Bonchev–Trinajstić information content (AvgIpc) is 2.48. The van der Waals surface area contributed by atoms with Crippen LogP contribution in [0, 0.1) is 5.41 Å². The SMILES string of the molecule is CCC1(C(=O)N[C@H](C)c2ccc(Br)cc2)CCNCC1. The Labute approximate surface area is 129 Å². The molecule has 3 nitrogen and oxygen atoms in total. The smallest absolute Gasteiger partial charge is 0.226 e. The number of amides is 1. The molecule has 1 saturated heterocycles. The van der Waals surface area contributed by atoms with Crippen molar-refractivity contribution in [2.45, 2.75) is 39.2 Å². The number of carbonyl (C=O) groups is 1. The van der Waals surface area contributed by atoms with Crippen LogP contribution in [0.15, 0.2) is 28.7 Å². The highest BCUT2D eigenvalue weighted by molar-refractivity contribution is 9.10. The molecule has 2 rings (SSSR count). The van der Waals surface area contributed by atoms with E-state index in [0.29, 0.717) is 0 Å². The zero-order valence-electron chi connectivity index (χ0n) is 12.2. The Kier molecular flexibility index (Phi) is 5.22. The zero-order valence-corrected chi connectivity index (χ0v) is 13.8. The first-order valence-corrected chi connectivity index (χ1v) is 8.14. The molecule has 4 heteroatoms. The Bertz CT molecular complexity index is 452. The summed E-state index contributed by atoms with van der Waals surface area (Å²) < 4.78 is 1.06. The van der Waals surface area contributed by atoms with Gasteiger partial charge in [-0.05, 0) is 57.0 Å². The first-order valence-electron chi connectivity index (χ1n) is 7.34. The third-order valence-corrected chi connectivity index (χ3v) is 4.97. The zero-order chi connectivity index (χ0) is 14.6. The molecule has 1 amide bonds. The monoisotopic (exact) mass is 338 g/mol. The summed E-state index contributed by atoms with van der Waals surface area (Å²) in [6.07, 6.45) is 2.78. The number of piperidine rings is 1. The van der Waals surface area contributed by atoms with Crippen molar-refractivity contribution in [2.24, 2.45) is 5.41 Å². The molecule has 1 aromatic rings. The molecule has 0 spiro atoms. The lowest BCUT2D eigenvalue weighted by molar-refractivity contribution is -0.133. The molecule has 0 aromatic heterocycles. The minimum absolute atomic E-state index is 0.0499. The second-order valence-corrected chi connectivity index (χ2v) is 6.55. The van der Waals surface area contributed by atoms with Crippen molar-refractivity contribution in [2.75, 3.05) is 13.1 Å². The summed E-state index contributed by atoms with van der Waals surface area (Å²) in [5, 5.41) is 6.53. The van der Waals surface area contributed by atoms with Crippen LogP contribution in [0.5, 0.6) is 0 Å². The third kappa shape index (κ3) is 3.41. The highest BCUT2D eigenvalue weighted by Crippen LogP contribution is 2.33. The van der Waals surface area contributed by atoms with Gasteiger partial charge in [0.2, 0.25) is 5.91 Å². The van der Waals surface area contributed by atoms with Crippen LogP contribution >= 0.6 is 15.9 Å². The van der Waals surface area contributed by atoms with Crippen LogP contribution in [0.4, 0.5) is 0 Å². The summed E-state index contributed by atoms with van der Waals surface area (Å²) in [4.78, 5) is 12.7. The fourth-order valence-electron chi connectivity index (χ4n) is 2.83. The van der Waals surface area contributed by atoms with E-state index in [2.05, 4.69) is 45.6 Å². The number of benzene rings is 1. The molecular formula is C16H23BrN2O. The van der Waals surface area contributed by atoms with Crippen molar-refractivity contribution < 1.29 is 4.79 Å². The van der Waals surface area contributed by atoms with Gasteiger partial charge in [0.1, 0.15) is 0 Å². The Morgan fingerprint density at radius 2 is 1.95 bits per heavy atom. The van der Waals surface area contributed by atoms with Gasteiger partial charge in [-0.15, -0.1) is 0 Å². The van der Waals surface area contributed by atoms with Crippen molar-refractivity contribution >= 4 is 21.8 Å². The Morgan fingerprint density at radius 3 is 2.50 bits per heavy atom. The number of hydrogen-bond acceptors (Lipinski definition) is 2. The minimum Gasteiger partial charge on any atom is -0.349 e. The van der Waals surface area contributed by atoms with Crippen LogP contribution in [0.2, 0.25) is 0 Å². The summed E-state index contributed by atoms with van der Waals surface area (Å²) in [5.74, 6) is 0.205. The topological polar surface area (TPSA) is 41.1 Å². The van der Waals surface area contributed by atoms with Crippen LogP contribution in [-0.2, 0) is 4.79 Å². The number of hydrogen-bond donors (Lipinski definition) is 2. The minimum atomic E-state index is -0.186. The highest BCUT2D eigenvalue weighted by atomic mass is 79.9. The van der Waals surface area contributed by atoms with Gasteiger partial charge in [-0.25, -0.2) is 0 Å². The number of nitrogens with one attached hydrogen (secondary N) is 2. The first kappa shape index (κ1) is 15.5. The van der Waals surface area contributed by atoms with Crippen molar-refractivity contribution in [1.82, 2.24) is 10.6 Å². The summed E-state index contributed by atoms with van der Waals surface area (Å²) >= 11 is 3.43. The lowest BCUT2D eigenvalue weighted by atomic mass is 9.75. The van der Waals surface area contributed by atoms with Crippen LogP contribution < -0.4 is 10.6 Å². The van der Waals surface area contributed by atoms with Gasteiger partial charge in [0.15, 0.2) is 0 Å². The van der Waals surface area contributed by atoms with E-state index in [1.807, 2.05) is 19.1 Å². The third-order valence-electron chi connectivity index (χ3n) is 4.44. The van der Waals surface area contributed by atoms with Crippen LogP contribution in [0.3, 0.4) is 0 Å². The molecule has 0 radical (unpaired) electrons. The van der Waals surface area contributed by atoms with E-state index in [9.17, 15) is 4.79 Å². The van der Waals surface area contributed by atoms with E-state index >= 15 is 0 Å². The normalized spacial score (nSPS) is 19.4. The van der Waals surface area contributed by atoms with Gasteiger partial charge in [-0.1, -0.05) is 35.0 Å². The van der Waals surface area contributed by atoms with Crippen molar-refractivity contribution in [3.8, 4) is 0 Å². The predicted octanol–water partition coefficient (Wildman–Crippen LogP) is 3.41. The Morgan fingerprint density at radius 1 is 1.35 bits per heavy atom. The lowest BCUT2D eigenvalue weighted by Gasteiger charge is -2.36. The van der Waals surface area contributed by atoms with Crippen LogP contribution in [0.25, 0.3) is 0 Å². The fourth-order valence-corrected chi connectivity index (χ4v) is 3.10. The molecule has 20 heavy (non-hydrogen) atoms. The first-order chi connectivity index (χ1) is 9.57. The maximum Gasteiger partial charge on any atom is 0.226 e. The maximum atomic E-state index is 12.7. The van der Waals surface area contributed by atoms with Gasteiger partial charge in [0.05, 0.1) is 11.5 Å². The lowest BCUT2D eigenvalue weighted by Crippen LogP contribution is -2.47. The van der Waals surface area contributed by atoms with Crippen LogP contribution in [0.1, 0.15) is 44.7 Å². The highest BCUT2D eigenvalue weighted by Gasteiger charge is 2.38. The molecule has 1 heterocycles. The van der Waals surface area contributed by atoms with Gasteiger partial charge in [0.25, 0.3) is 0 Å². The molecule has 1 aromatic carbocycles. The van der Waals surface area contributed by atoms with Crippen LogP contribution in [-0.4, -0.2) is 19.0 Å². The second kappa shape index (κ2) is 6.72. The van der Waals surface area contributed by atoms with Gasteiger partial charge in [-0.2, -0.15) is 0 Å². The van der Waals surface area contributed by atoms with E-state index < -0.39 is 0 Å². The summed E-state index contributed by atoms with van der Waals surface area (Å²) in [6, 6.07) is 8.18. The number of halogens is 1. The maximum absolute atomic E-state index is 12.7. The van der Waals surface area contributed by atoms with Crippen molar-refractivity contribution in [3.63, 3.8) is 0 Å². The van der Waals surface area contributed by atoms with E-state index in [-0.39, 0.29) is 17.4 Å². The number of carbonyl (C=O) groups excluding carboxylic acids is 1. The Balaban J connectivity index is 2.04. The van der Waals surface area contributed by atoms with Gasteiger partial charge in [-0.3, -0.25) is 4.79 Å². The number of rotatable bonds is 4. The van der Waals surface area contributed by atoms with Gasteiger partial charge in [0, 0.05) is 4.47 Å². The van der Waals surface area contributed by atoms with E-state index in [1.54, 1.807) is 0 Å². The van der Waals surface area contributed by atoms with E-state index in [1.165, 1.54) is 0 Å². The molecule has 1 aliphatic heterocycles. The largest absolute Gasteiger partial charge is 0.349 e. The molecule has 1 fully saturated rings.